The van der Waals surface area contributed by atoms with Crippen molar-refractivity contribution in [2.24, 2.45) is 0 Å². The van der Waals surface area contributed by atoms with Crippen molar-refractivity contribution in [1.82, 2.24) is 10.3 Å². The molecule has 1 saturated heterocycles. The molecule has 0 bridgehead atoms. The topological polar surface area (TPSA) is 34.1 Å². The molecule has 1 aromatic rings. The smallest absolute Gasteiger partial charge is 0.213 e. The van der Waals surface area contributed by atoms with Gasteiger partial charge in [0.15, 0.2) is 0 Å². The zero-order chi connectivity index (χ0) is 12.6. The summed E-state index contributed by atoms with van der Waals surface area (Å²) in [6, 6.07) is 3.88. The van der Waals surface area contributed by atoms with Crippen LogP contribution in [0.2, 0.25) is 0 Å². The van der Waals surface area contributed by atoms with Gasteiger partial charge in [-0.25, -0.2) is 4.98 Å². The molecule has 1 N–H and O–H groups in total. The fraction of sp³-hybridized carbons (Fsp3) is 0.533. The van der Waals surface area contributed by atoms with E-state index in [1.807, 2.05) is 12.1 Å². The molecule has 1 atom stereocenters. The second-order valence-corrected chi connectivity index (χ2v) is 4.52. The molecule has 1 aliphatic heterocycles. The van der Waals surface area contributed by atoms with Crippen molar-refractivity contribution < 1.29 is 4.74 Å². The predicted octanol–water partition coefficient (Wildman–Crippen LogP) is 2.36. The van der Waals surface area contributed by atoms with Crippen molar-refractivity contribution in [3.8, 4) is 17.7 Å². The van der Waals surface area contributed by atoms with Gasteiger partial charge < -0.3 is 10.1 Å². The monoisotopic (exact) mass is 244 g/mol. The Morgan fingerprint density at radius 1 is 1.50 bits per heavy atom. The van der Waals surface area contributed by atoms with Gasteiger partial charge in [-0.3, -0.25) is 0 Å². The van der Waals surface area contributed by atoms with E-state index in [9.17, 15) is 0 Å². The van der Waals surface area contributed by atoms with Crippen molar-refractivity contribution >= 4 is 0 Å². The molecule has 0 aliphatic carbocycles. The van der Waals surface area contributed by atoms with Crippen molar-refractivity contribution in [2.75, 3.05) is 13.1 Å². The number of nitrogens with zero attached hydrogens (tertiary/aromatic N) is 1. The fourth-order valence-corrected chi connectivity index (χ4v) is 1.85. The molecular weight excluding hydrogens is 224 g/mol. The number of unbranched alkanes of at least 4 members (excludes halogenated alkanes) is 2. The van der Waals surface area contributed by atoms with E-state index in [1.54, 1.807) is 6.20 Å². The molecule has 0 spiro atoms. The van der Waals surface area contributed by atoms with E-state index < -0.39 is 0 Å². The lowest BCUT2D eigenvalue weighted by atomic mass is 10.2. The van der Waals surface area contributed by atoms with Crippen LogP contribution in [0.3, 0.4) is 0 Å². The summed E-state index contributed by atoms with van der Waals surface area (Å²) >= 11 is 0. The fourth-order valence-electron chi connectivity index (χ4n) is 1.85. The van der Waals surface area contributed by atoms with E-state index >= 15 is 0 Å². The standard InChI is InChI=1S/C15H20N2O/c1-2-3-4-5-6-13-7-8-15(17-11-13)18-14-9-10-16-12-14/h7-8,11,14,16H,2-4,9-10,12H2,1H3. The highest BCUT2D eigenvalue weighted by atomic mass is 16.5. The van der Waals surface area contributed by atoms with E-state index in [0.717, 1.165) is 37.9 Å². The zero-order valence-corrected chi connectivity index (χ0v) is 10.9. The Balaban J connectivity index is 1.85. The molecular formula is C15H20N2O. The molecule has 2 heterocycles. The number of hydrogen-bond acceptors (Lipinski definition) is 3. The first kappa shape index (κ1) is 12.9. The number of pyridine rings is 1. The summed E-state index contributed by atoms with van der Waals surface area (Å²) in [5, 5.41) is 3.27. The molecule has 1 aliphatic rings. The summed E-state index contributed by atoms with van der Waals surface area (Å²) in [4.78, 5) is 4.29. The van der Waals surface area contributed by atoms with Gasteiger partial charge in [0.05, 0.1) is 0 Å². The Hall–Kier alpha value is -1.53. The maximum atomic E-state index is 5.75. The van der Waals surface area contributed by atoms with Crippen LogP contribution in [0.1, 0.15) is 38.2 Å². The van der Waals surface area contributed by atoms with Crippen LogP contribution >= 0.6 is 0 Å². The van der Waals surface area contributed by atoms with Gasteiger partial charge >= 0.3 is 0 Å². The molecule has 1 aromatic heterocycles. The number of ether oxygens (including phenoxy) is 1. The van der Waals surface area contributed by atoms with Crippen LogP contribution in [0.15, 0.2) is 18.3 Å². The normalized spacial score (nSPS) is 18.2. The molecule has 1 unspecified atom stereocenters. The third-order valence-electron chi connectivity index (χ3n) is 2.93. The quantitative estimate of drug-likeness (QED) is 0.652. The van der Waals surface area contributed by atoms with Crippen LogP contribution < -0.4 is 10.1 Å². The Morgan fingerprint density at radius 2 is 2.44 bits per heavy atom. The first-order valence-corrected chi connectivity index (χ1v) is 6.71. The van der Waals surface area contributed by atoms with E-state index in [-0.39, 0.29) is 6.10 Å². The van der Waals surface area contributed by atoms with Crippen molar-refractivity contribution in [3.05, 3.63) is 23.9 Å². The van der Waals surface area contributed by atoms with Gasteiger partial charge in [0.25, 0.3) is 0 Å². The number of rotatable bonds is 4. The maximum Gasteiger partial charge on any atom is 0.213 e. The van der Waals surface area contributed by atoms with E-state index in [4.69, 9.17) is 4.74 Å². The minimum atomic E-state index is 0.263. The predicted molar refractivity (Wildman–Crippen MR) is 72.5 cm³/mol. The van der Waals surface area contributed by atoms with Crippen LogP contribution in [0.25, 0.3) is 0 Å². The van der Waals surface area contributed by atoms with E-state index in [0.29, 0.717) is 5.88 Å². The largest absolute Gasteiger partial charge is 0.473 e. The van der Waals surface area contributed by atoms with Gasteiger partial charge in [0, 0.05) is 30.8 Å². The summed E-state index contributed by atoms with van der Waals surface area (Å²) in [5.41, 5.74) is 0.961. The highest BCUT2D eigenvalue weighted by molar-refractivity contribution is 5.33. The molecule has 1 fully saturated rings. The maximum absolute atomic E-state index is 5.75. The molecule has 2 rings (SSSR count). The first-order chi connectivity index (χ1) is 8.88. The Kier molecular flexibility index (Phi) is 5.04. The second kappa shape index (κ2) is 7.03. The zero-order valence-electron chi connectivity index (χ0n) is 10.9. The minimum Gasteiger partial charge on any atom is -0.473 e. The summed E-state index contributed by atoms with van der Waals surface area (Å²) in [6.45, 7) is 4.12. The SMILES string of the molecule is CCCCC#Cc1ccc(OC2CCNC2)nc1. The van der Waals surface area contributed by atoms with Gasteiger partial charge in [-0.05, 0) is 25.5 Å². The van der Waals surface area contributed by atoms with Gasteiger partial charge in [-0.2, -0.15) is 0 Å². The van der Waals surface area contributed by atoms with Crippen LogP contribution in [-0.4, -0.2) is 24.2 Å². The first-order valence-electron chi connectivity index (χ1n) is 6.71. The average Bonchev–Trinajstić information content (AvgIpc) is 2.89. The van der Waals surface area contributed by atoms with Gasteiger partial charge in [0.2, 0.25) is 5.88 Å². The minimum absolute atomic E-state index is 0.263. The lowest BCUT2D eigenvalue weighted by molar-refractivity contribution is 0.214. The lowest BCUT2D eigenvalue weighted by Crippen LogP contribution is -2.19. The number of hydrogen-bond donors (Lipinski definition) is 1. The summed E-state index contributed by atoms with van der Waals surface area (Å²) < 4.78 is 5.75. The summed E-state index contributed by atoms with van der Waals surface area (Å²) in [6.07, 6.45) is 6.42. The summed E-state index contributed by atoms with van der Waals surface area (Å²) in [7, 11) is 0. The molecule has 18 heavy (non-hydrogen) atoms. The Bertz CT molecular complexity index is 410. The molecule has 0 saturated carbocycles. The highest BCUT2D eigenvalue weighted by Crippen LogP contribution is 2.12. The van der Waals surface area contributed by atoms with E-state index in [2.05, 4.69) is 29.1 Å². The van der Waals surface area contributed by atoms with Crippen molar-refractivity contribution in [3.63, 3.8) is 0 Å². The van der Waals surface area contributed by atoms with Gasteiger partial charge in [-0.1, -0.05) is 25.2 Å². The molecule has 96 valence electrons. The van der Waals surface area contributed by atoms with Crippen LogP contribution in [0.5, 0.6) is 5.88 Å². The molecule has 3 nitrogen and oxygen atoms in total. The lowest BCUT2D eigenvalue weighted by Gasteiger charge is -2.10. The van der Waals surface area contributed by atoms with Gasteiger partial charge in [-0.15, -0.1) is 0 Å². The van der Waals surface area contributed by atoms with Crippen LogP contribution in [0, 0.1) is 11.8 Å². The Morgan fingerprint density at radius 3 is 3.11 bits per heavy atom. The third kappa shape index (κ3) is 4.05. The number of nitrogens with one attached hydrogen (secondary N) is 1. The molecule has 3 heteroatoms. The average molecular weight is 244 g/mol. The van der Waals surface area contributed by atoms with Crippen molar-refractivity contribution in [2.45, 2.75) is 38.7 Å². The highest BCUT2D eigenvalue weighted by Gasteiger charge is 2.15. The summed E-state index contributed by atoms with van der Waals surface area (Å²) in [5.74, 6) is 6.97. The second-order valence-electron chi connectivity index (χ2n) is 4.52. The van der Waals surface area contributed by atoms with Crippen LogP contribution in [-0.2, 0) is 0 Å². The Labute approximate surface area is 109 Å². The van der Waals surface area contributed by atoms with E-state index in [1.165, 1.54) is 6.42 Å². The van der Waals surface area contributed by atoms with Gasteiger partial charge in [0.1, 0.15) is 6.10 Å². The van der Waals surface area contributed by atoms with Crippen LogP contribution in [0.4, 0.5) is 0 Å². The molecule has 0 amide bonds. The molecule has 0 radical (unpaired) electrons. The third-order valence-corrected chi connectivity index (χ3v) is 2.93. The molecule has 0 aromatic carbocycles. The van der Waals surface area contributed by atoms with Crippen molar-refractivity contribution in [1.29, 1.82) is 0 Å². The number of aromatic nitrogens is 1.